The number of ether oxygens (including phenoxy) is 1. The Kier molecular flexibility index (Phi) is 4.17. The van der Waals surface area contributed by atoms with Gasteiger partial charge in [-0.1, -0.05) is 25.7 Å². The molecule has 0 aliphatic heterocycles. The molecule has 1 fully saturated rings. The van der Waals surface area contributed by atoms with E-state index in [1.807, 2.05) is 14.0 Å². The lowest BCUT2D eigenvalue weighted by Gasteiger charge is -2.29. The summed E-state index contributed by atoms with van der Waals surface area (Å²) < 4.78 is 5.86. The van der Waals surface area contributed by atoms with E-state index in [-0.39, 0.29) is 5.60 Å². The molecule has 2 rings (SSSR count). The number of aryl methyl sites for hydroxylation is 1. The van der Waals surface area contributed by atoms with Gasteiger partial charge in [0, 0.05) is 18.5 Å². The first-order chi connectivity index (χ1) is 8.22. The lowest BCUT2D eigenvalue weighted by Crippen LogP contribution is -2.27. The third-order valence-corrected chi connectivity index (χ3v) is 5.13. The molecule has 0 amide bonds. The van der Waals surface area contributed by atoms with Gasteiger partial charge in [-0.25, -0.2) is 4.98 Å². The standard InChI is InChI=1S/C13H22N2OS/c1-10-11(9-14)17-12(15-10)13(16-2)7-5-3-4-6-8-13/h3-9,14H2,1-2H3. The van der Waals surface area contributed by atoms with Crippen molar-refractivity contribution in [3.63, 3.8) is 0 Å². The van der Waals surface area contributed by atoms with Crippen LogP contribution in [0.25, 0.3) is 0 Å². The van der Waals surface area contributed by atoms with Crippen molar-refractivity contribution < 1.29 is 4.74 Å². The topological polar surface area (TPSA) is 48.1 Å². The molecular formula is C13H22N2OS. The maximum atomic E-state index is 5.86. The molecule has 17 heavy (non-hydrogen) atoms. The van der Waals surface area contributed by atoms with E-state index in [0.29, 0.717) is 6.54 Å². The van der Waals surface area contributed by atoms with E-state index in [0.717, 1.165) is 23.5 Å². The van der Waals surface area contributed by atoms with E-state index >= 15 is 0 Å². The Labute approximate surface area is 107 Å². The Balaban J connectivity index is 2.31. The average Bonchev–Trinajstić information content (AvgIpc) is 2.59. The zero-order chi connectivity index (χ0) is 12.3. The summed E-state index contributed by atoms with van der Waals surface area (Å²) in [4.78, 5) is 5.90. The molecule has 3 nitrogen and oxygen atoms in total. The monoisotopic (exact) mass is 254 g/mol. The summed E-state index contributed by atoms with van der Waals surface area (Å²) in [6.45, 7) is 2.63. The molecule has 0 unspecified atom stereocenters. The molecule has 0 bridgehead atoms. The predicted molar refractivity (Wildman–Crippen MR) is 71.1 cm³/mol. The molecule has 0 aromatic carbocycles. The Morgan fingerprint density at radius 1 is 1.29 bits per heavy atom. The van der Waals surface area contributed by atoms with E-state index < -0.39 is 0 Å². The van der Waals surface area contributed by atoms with Crippen molar-refractivity contribution in [3.8, 4) is 0 Å². The third kappa shape index (κ3) is 2.54. The van der Waals surface area contributed by atoms with Crippen molar-refractivity contribution in [1.82, 2.24) is 4.98 Å². The molecule has 1 aromatic rings. The Morgan fingerprint density at radius 3 is 2.41 bits per heavy atom. The summed E-state index contributed by atoms with van der Waals surface area (Å²) in [5.41, 5.74) is 6.68. The number of methoxy groups -OCH3 is 1. The smallest absolute Gasteiger partial charge is 0.125 e. The fourth-order valence-corrected chi connectivity index (χ4v) is 3.78. The van der Waals surface area contributed by atoms with Gasteiger partial charge in [-0.3, -0.25) is 0 Å². The van der Waals surface area contributed by atoms with Crippen LogP contribution in [0.3, 0.4) is 0 Å². The first-order valence-corrected chi connectivity index (χ1v) is 7.25. The fraction of sp³-hybridized carbons (Fsp3) is 0.769. The number of rotatable bonds is 3. The van der Waals surface area contributed by atoms with E-state index in [1.54, 1.807) is 11.3 Å². The lowest BCUT2D eigenvalue weighted by atomic mass is 9.95. The zero-order valence-corrected chi connectivity index (χ0v) is 11.6. The summed E-state index contributed by atoms with van der Waals surface area (Å²) in [6.07, 6.45) is 7.31. The number of nitrogens with two attached hydrogens (primary N) is 1. The summed E-state index contributed by atoms with van der Waals surface area (Å²) >= 11 is 1.74. The number of hydrogen-bond acceptors (Lipinski definition) is 4. The molecule has 4 heteroatoms. The van der Waals surface area contributed by atoms with Gasteiger partial charge in [0.05, 0.1) is 5.69 Å². The maximum absolute atomic E-state index is 5.86. The predicted octanol–water partition coefficient (Wildman–Crippen LogP) is 3.11. The molecule has 1 aliphatic rings. The molecule has 1 aromatic heterocycles. The first-order valence-electron chi connectivity index (χ1n) is 6.44. The highest BCUT2D eigenvalue weighted by Crippen LogP contribution is 2.41. The summed E-state index contributed by atoms with van der Waals surface area (Å²) in [6, 6.07) is 0. The second-order valence-corrected chi connectivity index (χ2v) is 5.93. The lowest BCUT2D eigenvalue weighted by molar-refractivity contribution is -0.0280. The van der Waals surface area contributed by atoms with Crippen LogP contribution in [0.5, 0.6) is 0 Å². The largest absolute Gasteiger partial charge is 0.371 e. The SMILES string of the molecule is COC1(c2nc(C)c(CN)s2)CCCCCC1. The van der Waals surface area contributed by atoms with Crippen LogP contribution in [0, 0.1) is 6.92 Å². The molecule has 2 N–H and O–H groups in total. The minimum Gasteiger partial charge on any atom is -0.371 e. The third-order valence-electron chi connectivity index (χ3n) is 3.77. The molecule has 0 spiro atoms. The van der Waals surface area contributed by atoms with Crippen LogP contribution in [-0.4, -0.2) is 12.1 Å². The van der Waals surface area contributed by atoms with E-state index in [2.05, 4.69) is 0 Å². The van der Waals surface area contributed by atoms with Gasteiger partial charge >= 0.3 is 0 Å². The molecule has 1 aliphatic carbocycles. The van der Waals surface area contributed by atoms with Crippen molar-refractivity contribution in [2.75, 3.05) is 7.11 Å². The van der Waals surface area contributed by atoms with Crippen molar-refractivity contribution in [2.45, 2.75) is 57.6 Å². The molecular weight excluding hydrogens is 232 g/mol. The zero-order valence-electron chi connectivity index (χ0n) is 10.8. The second kappa shape index (κ2) is 5.46. The van der Waals surface area contributed by atoms with Gasteiger partial charge < -0.3 is 10.5 Å². The van der Waals surface area contributed by atoms with Crippen LogP contribution >= 0.6 is 11.3 Å². The Morgan fingerprint density at radius 2 is 1.94 bits per heavy atom. The highest BCUT2D eigenvalue weighted by Gasteiger charge is 2.36. The van der Waals surface area contributed by atoms with Crippen LogP contribution in [0.4, 0.5) is 0 Å². The Hall–Kier alpha value is -0.450. The summed E-state index contributed by atoms with van der Waals surface area (Å²) in [5, 5.41) is 1.14. The number of aromatic nitrogens is 1. The molecule has 1 saturated carbocycles. The minimum absolute atomic E-state index is 0.140. The van der Waals surface area contributed by atoms with Gasteiger partial charge in [0.2, 0.25) is 0 Å². The number of thiazole rings is 1. The van der Waals surface area contributed by atoms with Gasteiger partial charge in [0.15, 0.2) is 0 Å². The molecule has 1 heterocycles. The van der Waals surface area contributed by atoms with Gasteiger partial charge in [-0.15, -0.1) is 11.3 Å². The summed E-state index contributed by atoms with van der Waals surface area (Å²) in [7, 11) is 1.82. The van der Waals surface area contributed by atoms with Gasteiger partial charge in [0.25, 0.3) is 0 Å². The normalized spacial score (nSPS) is 20.2. The van der Waals surface area contributed by atoms with Gasteiger partial charge in [-0.2, -0.15) is 0 Å². The van der Waals surface area contributed by atoms with Crippen molar-refractivity contribution in [3.05, 3.63) is 15.6 Å². The maximum Gasteiger partial charge on any atom is 0.125 e. The van der Waals surface area contributed by atoms with Crippen molar-refractivity contribution in [1.29, 1.82) is 0 Å². The first kappa shape index (κ1) is 13.0. The molecule has 96 valence electrons. The molecule has 0 atom stereocenters. The highest BCUT2D eigenvalue weighted by molar-refractivity contribution is 7.11. The van der Waals surface area contributed by atoms with Crippen LogP contribution in [0.2, 0.25) is 0 Å². The van der Waals surface area contributed by atoms with Gasteiger partial charge in [-0.05, 0) is 19.8 Å². The van der Waals surface area contributed by atoms with Crippen molar-refractivity contribution >= 4 is 11.3 Å². The molecule has 0 saturated heterocycles. The van der Waals surface area contributed by atoms with Crippen LogP contribution < -0.4 is 5.73 Å². The molecule has 0 radical (unpaired) electrons. The number of hydrogen-bond donors (Lipinski definition) is 1. The van der Waals surface area contributed by atoms with E-state index in [4.69, 9.17) is 15.5 Å². The van der Waals surface area contributed by atoms with E-state index in [1.165, 1.54) is 30.6 Å². The summed E-state index contributed by atoms with van der Waals surface area (Å²) in [5.74, 6) is 0. The Bertz CT molecular complexity index is 367. The highest BCUT2D eigenvalue weighted by atomic mass is 32.1. The van der Waals surface area contributed by atoms with Gasteiger partial charge in [0.1, 0.15) is 10.6 Å². The minimum atomic E-state index is -0.140. The van der Waals surface area contributed by atoms with Crippen LogP contribution in [0.15, 0.2) is 0 Å². The van der Waals surface area contributed by atoms with Crippen LogP contribution in [-0.2, 0) is 16.9 Å². The quantitative estimate of drug-likeness (QED) is 0.843. The van der Waals surface area contributed by atoms with Crippen molar-refractivity contribution in [2.24, 2.45) is 5.73 Å². The second-order valence-electron chi connectivity index (χ2n) is 4.84. The average molecular weight is 254 g/mol. The number of nitrogens with zero attached hydrogens (tertiary/aromatic N) is 1. The van der Waals surface area contributed by atoms with Crippen LogP contribution in [0.1, 0.15) is 54.1 Å². The van der Waals surface area contributed by atoms with E-state index in [9.17, 15) is 0 Å². The fourth-order valence-electron chi connectivity index (χ4n) is 2.62.